The van der Waals surface area contributed by atoms with Crippen LogP contribution in [-0.4, -0.2) is 60.5 Å². The van der Waals surface area contributed by atoms with E-state index < -0.39 is 12.2 Å². The van der Waals surface area contributed by atoms with Gasteiger partial charge >= 0.3 is 0 Å². The minimum absolute atomic E-state index is 0.221. The van der Waals surface area contributed by atoms with Gasteiger partial charge in [-0.15, -0.1) is 0 Å². The fourth-order valence-electron chi connectivity index (χ4n) is 2.24. The van der Waals surface area contributed by atoms with Crippen molar-refractivity contribution in [3.8, 4) is 0 Å². The van der Waals surface area contributed by atoms with Gasteiger partial charge in [-0.3, -0.25) is 4.90 Å². The molecule has 0 aromatic carbocycles. The summed E-state index contributed by atoms with van der Waals surface area (Å²) in [6.45, 7) is 7.51. The molecule has 0 aromatic rings. The molecular formula is C11H24N2O2. The van der Waals surface area contributed by atoms with Crippen LogP contribution in [0.15, 0.2) is 0 Å². The molecule has 0 amide bonds. The van der Waals surface area contributed by atoms with Gasteiger partial charge in [0, 0.05) is 26.2 Å². The van der Waals surface area contributed by atoms with Crippen molar-refractivity contribution < 1.29 is 10.2 Å². The normalized spacial score (nSPS) is 31.8. The molecule has 0 aliphatic carbocycles. The van der Waals surface area contributed by atoms with E-state index in [2.05, 4.69) is 24.1 Å². The van der Waals surface area contributed by atoms with E-state index >= 15 is 0 Å². The molecule has 0 aromatic heterocycles. The van der Waals surface area contributed by atoms with E-state index in [0.29, 0.717) is 13.1 Å². The summed E-state index contributed by atoms with van der Waals surface area (Å²) in [7, 11) is 1.96. The maximum absolute atomic E-state index is 9.46. The zero-order valence-corrected chi connectivity index (χ0v) is 10.0. The third-order valence-electron chi connectivity index (χ3n) is 3.40. The average molecular weight is 216 g/mol. The quantitative estimate of drug-likeness (QED) is 0.588. The smallest absolute Gasteiger partial charge is 0.0938 e. The van der Waals surface area contributed by atoms with Crippen LogP contribution in [-0.2, 0) is 0 Å². The number of likely N-dealkylation sites (tertiary alicyclic amines) is 1. The highest BCUT2D eigenvalue weighted by Crippen LogP contribution is 2.24. The highest BCUT2D eigenvalue weighted by atomic mass is 16.3. The van der Waals surface area contributed by atoms with E-state index in [1.165, 1.54) is 0 Å². The average Bonchev–Trinajstić information content (AvgIpc) is 2.46. The molecule has 1 heterocycles. The molecule has 1 aliphatic heterocycles. The first-order valence-corrected chi connectivity index (χ1v) is 5.74. The van der Waals surface area contributed by atoms with Gasteiger partial charge in [-0.1, -0.05) is 13.8 Å². The van der Waals surface area contributed by atoms with Crippen molar-refractivity contribution in [2.45, 2.75) is 32.5 Å². The Bertz CT molecular complexity index is 191. The summed E-state index contributed by atoms with van der Waals surface area (Å²) in [6, 6.07) is 0. The number of rotatable bonds is 5. The van der Waals surface area contributed by atoms with Gasteiger partial charge in [0.1, 0.15) is 0 Å². The molecule has 1 rings (SSSR count). The maximum atomic E-state index is 9.46. The first kappa shape index (κ1) is 12.9. The van der Waals surface area contributed by atoms with Crippen LogP contribution in [0.25, 0.3) is 0 Å². The lowest BCUT2D eigenvalue weighted by Crippen LogP contribution is -2.40. The topological polar surface area (TPSA) is 55.7 Å². The Labute approximate surface area is 92.3 Å². The van der Waals surface area contributed by atoms with Crippen LogP contribution in [0, 0.1) is 5.41 Å². The highest BCUT2D eigenvalue weighted by molar-refractivity contribution is 4.88. The molecule has 0 spiro atoms. The zero-order chi connectivity index (χ0) is 11.5. The first-order chi connectivity index (χ1) is 7.00. The monoisotopic (exact) mass is 216 g/mol. The molecule has 3 unspecified atom stereocenters. The largest absolute Gasteiger partial charge is 0.389 e. The Kier molecular flexibility index (Phi) is 4.52. The summed E-state index contributed by atoms with van der Waals surface area (Å²) in [5.41, 5.74) is 0.221. The number of nitrogens with zero attached hydrogens (tertiary/aromatic N) is 1. The zero-order valence-electron chi connectivity index (χ0n) is 10.0. The van der Waals surface area contributed by atoms with E-state index in [1.807, 2.05) is 7.05 Å². The van der Waals surface area contributed by atoms with Gasteiger partial charge in [0.05, 0.1) is 12.2 Å². The summed E-state index contributed by atoms with van der Waals surface area (Å²) in [6.07, 6.45) is -0.0438. The van der Waals surface area contributed by atoms with Crippen molar-refractivity contribution in [2.75, 3.05) is 33.2 Å². The second kappa shape index (κ2) is 5.25. The van der Waals surface area contributed by atoms with Crippen LogP contribution in [0.2, 0.25) is 0 Å². The summed E-state index contributed by atoms with van der Waals surface area (Å²) in [5.74, 6) is 0. The lowest BCUT2D eigenvalue weighted by Gasteiger charge is -2.32. The van der Waals surface area contributed by atoms with E-state index in [1.54, 1.807) is 0 Å². The molecule has 0 saturated carbocycles. The van der Waals surface area contributed by atoms with E-state index in [0.717, 1.165) is 19.5 Å². The molecule has 1 fully saturated rings. The van der Waals surface area contributed by atoms with Crippen LogP contribution in [0.3, 0.4) is 0 Å². The van der Waals surface area contributed by atoms with E-state index in [-0.39, 0.29) is 5.41 Å². The summed E-state index contributed by atoms with van der Waals surface area (Å²) in [5, 5.41) is 22.1. The van der Waals surface area contributed by atoms with Crippen LogP contribution in [0.4, 0.5) is 0 Å². The summed E-state index contributed by atoms with van der Waals surface area (Å²) >= 11 is 0. The Balaban J connectivity index is 2.46. The van der Waals surface area contributed by atoms with Crippen molar-refractivity contribution in [1.82, 2.24) is 10.2 Å². The number of hydrogen-bond acceptors (Lipinski definition) is 4. The molecule has 1 saturated heterocycles. The number of hydrogen-bond donors (Lipinski definition) is 3. The minimum Gasteiger partial charge on any atom is -0.389 e. The SMILES string of the molecule is CCC(C)(CNC)CN1CC(O)C(O)C1. The second-order valence-electron chi connectivity index (χ2n) is 5.02. The third-order valence-corrected chi connectivity index (χ3v) is 3.40. The number of nitrogens with one attached hydrogen (secondary N) is 1. The predicted octanol–water partition coefficient (Wildman–Crippen LogP) is -0.340. The Morgan fingerprint density at radius 2 is 1.87 bits per heavy atom. The second-order valence-corrected chi connectivity index (χ2v) is 5.02. The molecule has 4 nitrogen and oxygen atoms in total. The summed E-state index contributed by atoms with van der Waals surface area (Å²) in [4.78, 5) is 2.15. The predicted molar refractivity (Wildman–Crippen MR) is 60.8 cm³/mol. The highest BCUT2D eigenvalue weighted by Gasteiger charge is 2.33. The van der Waals surface area contributed by atoms with Crippen LogP contribution < -0.4 is 5.32 Å². The summed E-state index contributed by atoms with van der Waals surface area (Å²) < 4.78 is 0. The minimum atomic E-state index is -0.569. The van der Waals surface area contributed by atoms with Gasteiger partial charge in [-0.2, -0.15) is 0 Å². The molecule has 4 heteroatoms. The van der Waals surface area contributed by atoms with Crippen LogP contribution in [0.5, 0.6) is 0 Å². The third kappa shape index (κ3) is 3.41. The lowest BCUT2D eigenvalue weighted by molar-refractivity contribution is 0.0572. The molecule has 3 atom stereocenters. The van der Waals surface area contributed by atoms with Crippen LogP contribution in [0.1, 0.15) is 20.3 Å². The van der Waals surface area contributed by atoms with Gasteiger partial charge in [-0.05, 0) is 18.9 Å². The molecule has 90 valence electrons. The first-order valence-electron chi connectivity index (χ1n) is 5.74. The van der Waals surface area contributed by atoms with E-state index in [9.17, 15) is 10.2 Å². The molecule has 3 N–H and O–H groups in total. The van der Waals surface area contributed by atoms with Gasteiger partial charge in [-0.25, -0.2) is 0 Å². The van der Waals surface area contributed by atoms with Gasteiger partial charge in [0.15, 0.2) is 0 Å². The molecule has 15 heavy (non-hydrogen) atoms. The Morgan fingerprint density at radius 1 is 1.33 bits per heavy atom. The molecular weight excluding hydrogens is 192 g/mol. The Morgan fingerprint density at radius 3 is 2.27 bits per heavy atom. The van der Waals surface area contributed by atoms with Crippen molar-refractivity contribution in [2.24, 2.45) is 5.41 Å². The maximum Gasteiger partial charge on any atom is 0.0938 e. The lowest BCUT2D eigenvalue weighted by atomic mass is 9.87. The van der Waals surface area contributed by atoms with Gasteiger partial charge in [0.2, 0.25) is 0 Å². The fraction of sp³-hybridized carbons (Fsp3) is 1.00. The van der Waals surface area contributed by atoms with Crippen molar-refractivity contribution in [3.05, 3.63) is 0 Å². The number of aliphatic hydroxyl groups excluding tert-OH is 2. The van der Waals surface area contributed by atoms with Crippen molar-refractivity contribution in [3.63, 3.8) is 0 Å². The van der Waals surface area contributed by atoms with Crippen molar-refractivity contribution >= 4 is 0 Å². The van der Waals surface area contributed by atoms with E-state index in [4.69, 9.17) is 0 Å². The van der Waals surface area contributed by atoms with Gasteiger partial charge in [0.25, 0.3) is 0 Å². The van der Waals surface area contributed by atoms with Crippen LogP contribution >= 0.6 is 0 Å². The number of β-amino-alcohol motifs (C(OH)–C–C–N with tert-alkyl or cyclic N) is 2. The molecule has 1 aliphatic rings. The molecule has 0 bridgehead atoms. The van der Waals surface area contributed by atoms with Gasteiger partial charge < -0.3 is 15.5 Å². The standard InChI is InChI=1S/C11H24N2O2/c1-4-11(2,7-12-3)8-13-5-9(14)10(15)6-13/h9-10,12,14-15H,4-8H2,1-3H3. The number of aliphatic hydroxyl groups is 2. The van der Waals surface area contributed by atoms with Crippen molar-refractivity contribution in [1.29, 1.82) is 0 Å². The molecule has 0 radical (unpaired) electrons. The Hall–Kier alpha value is -0.160. The fourth-order valence-corrected chi connectivity index (χ4v) is 2.24.